The molecule has 0 radical (unpaired) electrons. The number of carboxylic acids is 1. The molecule has 7 heterocycles. The number of likely N-dealkylation sites (N-methyl/N-ethyl adjacent to an activating group) is 1. The Hall–Kier alpha value is -8.96. The molecule has 7 aliphatic rings. The number of aliphatic hydroxyl groups is 5. The molecule has 5 aromatic rings. The largest absolute Gasteiger partial charge is 0.508 e. The molecule has 6 amide bonds. The number of amides is 6. The Kier molecular flexibility index (Phi) is 22.2. The molecule has 100 heavy (non-hydrogen) atoms. The molecule has 17 atom stereocenters. The Labute approximate surface area is 580 Å². The number of aromatic hydroxyl groups is 3. The summed E-state index contributed by atoms with van der Waals surface area (Å²) in [6.45, 7) is 5.74. The summed E-state index contributed by atoms with van der Waals surface area (Å²) >= 11 is 14.2. The van der Waals surface area contributed by atoms with E-state index in [-0.39, 0.29) is 68.1 Å². The Morgan fingerprint density at radius 2 is 1.39 bits per heavy atom. The number of phenols is 3. The average molecular weight is 1430 g/mol. The number of hydrogen-bond donors (Lipinski definition) is 17. The van der Waals surface area contributed by atoms with Crippen molar-refractivity contribution < 1.29 is 113 Å². The van der Waals surface area contributed by atoms with Gasteiger partial charge in [-0.3, -0.25) is 38.4 Å². The minimum atomic E-state index is -2.28. The number of ether oxygens (including phenoxy) is 6. The smallest absolute Gasteiger partial charge is 0.311 e. The zero-order chi connectivity index (χ0) is 72.7. The van der Waals surface area contributed by atoms with E-state index >= 15 is 14.4 Å². The van der Waals surface area contributed by atoms with Crippen LogP contribution in [0, 0.1) is 5.92 Å². The van der Waals surface area contributed by atoms with Gasteiger partial charge in [0.05, 0.1) is 53.3 Å². The summed E-state index contributed by atoms with van der Waals surface area (Å²) in [6.07, 6.45) is -17.4. The van der Waals surface area contributed by atoms with Crippen LogP contribution in [0.1, 0.15) is 105 Å². The fraction of sp³-hybridized carbons (Fsp3) is 0.433. The van der Waals surface area contributed by atoms with Gasteiger partial charge in [-0.2, -0.15) is 0 Å². The van der Waals surface area contributed by atoms with Crippen molar-refractivity contribution in [3.05, 3.63) is 117 Å². The van der Waals surface area contributed by atoms with Crippen LogP contribution in [0.3, 0.4) is 0 Å². The summed E-state index contributed by atoms with van der Waals surface area (Å²) in [5, 5.41) is 117. The number of nitrogens with two attached hydrogens (primary N) is 2. The van der Waals surface area contributed by atoms with E-state index in [2.05, 4.69) is 31.9 Å². The molecule has 0 aromatic heterocycles. The van der Waals surface area contributed by atoms with Gasteiger partial charge < -0.3 is 118 Å². The molecular weight excluding hydrogens is 1360 g/mol. The highest BCUT2D eigenvalue weighted by atomic mass is 35.5. The van der Waals surface area contributed by atoms with Crippen LogP contribution in [0.15, 0.2) is 78.9 Å². The van der Waals surface area contributed by atoms with Gasteiger partial charge in [0.15, 0.2) is 29.7 Å². The van der Waals surface area contributed by atoms with E-state index in [0.717, 1.165) is 48.5 Å². The fourth-order valence-electron chi connectivity index (χ4n) is 12.7. The van der Waals surface area contributed by atoms with Crippen LogP contribution in [0.25, 0.3) is 11.1 Å². The maximum absolute atomic E-state index is 16.0. The topological polar surface area (TPSA) is 498 Å². The first-order valence-electron chi connectivity index (χ1n) is 31.7. The van der Waals surface area contributed by atoms with E-state index in [0.29, 0.717) is 0 Å². The number of ketones is 1. The first kappa shape index (κ1) is 73.7. The molecule has 0 unspecified atom stereocenters. The third kappa shape index (κ3) is 15.8. The minimum absolute atomic E-state index is 0.0838. The molecule has 12 rings (SSSR count). The molecule has 2 fully saturated rings. The van der Waals surface area contributed by atoms with Crippen molar-refractivity contribution in [1.82, 2.24) is 31.9 Å². The Morgan fingerprint density at radius 1 is 0.750 bits per heavy atom. The number of carbonyl (C=O) groups excluding carboxylic acids is 7. The molecule has 2 saturated heterocycles. The molecular formula is C67H76Cl2N8O23. The summed E-state index contributed by atoms with van der Waals surface area (Å²) in [4.78, 5) is 117. The minimum Gasteiger partial charge on any atom is -0.508 e. The second kappa shape index (κ2) is 30.1. The van der Waals surface area contributed by atoms with Crippen molar-refractivity contribution in [3.8, 4) is 57.1 Å². The number of benzene rings is 5. The summed E-state index contributed by atoms with van der Waals surface area (Å²) in [7, 11) is 1.48. The first-order valence-corrected chi connectivity index (χ1v) is 32.5. The van der Waals surface area contributed by atoms with Gasteiger partial charge in [0.25, 0.3) is 0 Å². The standard InChI is InChI=1S/C67H76Cl2N8O23/c1-25(2)12-38(72-5)60(88)77-53-54(84)29-8-11-44(36(69)16-29)97-46-18-30-17-45(57(46)100-66-58(56(86)55(85)47(24-78)98-66)99-49-23-67(4,71)59(87)26(3)95-49)96-43-10-6-27(13-35(43)68)14-37-41(81)21-33(65(93)94)32-19-31(79)20-42(82)50(32)34-15-28(7-9-40(34)80)51(62(90)73-37)76-63(91)52(30)75-61(89)39(22-48(70)83)74-64(53)92/h6-11,13,15-20,25-26,33,37-39,47,49,51-56,58-59,66,72,78-80,82,84-87H,12,14,21-24,71H2,1-5H3,(H2,70,83)(H,73,90)(H,74,92)(H,75,89)(H,76,91)(H,77,88)(H,93,94)/t26-,33-,37-,38+,39-,47+,49-,51+,52+,53+,54+,55+,56-,58+,59+,66-,67-/m0/s1. The Balaban J connectivity index is 1.23. The van der Waals surface area contributed by atoms with Crippen molar-refractivity contribution in [2.75, 3.05) is 13.7 Å². The van der Waals surface area contributed by atoms with E-state index in [9.17, 15) is 69.9 Å². The summed E-state index contributed by atoms with van der Waals surface area (Å²) in [5.41, 5.74) is 9.12. The van der Waals surface area contributed by atoms with E-state index in [1.807, 2.05) is 13.8 Å². The van der Waals surface area contributed by atoms with Crippen LogP contribution in [0.2, 0.25) is 10.0 Å². The molecule has 33 heteroatoms. The maximum Gasteiger partial charge on any atom is 0.311 e. The van der Waals surface area contributed by atoms with Crippen LogP contribution >= 0.6 is 23.2 Å². The van der Waals surface area contributed by atoms with Gasteiger partial charge in [-0.1, -0.05) is 55.2 Å². The molecule has 0 saturated carbocycles. The fourth-order valence-corrected chi connectivity index (χ4v) is 13.2. The number of rotatable bonds is 13. The SMILES string of the molecule is CN[C@H](CC(C)C)C(=O)N[C@H]1C(=O)N[C@@H](CC(N)=O)C(=O)N[C@H]2C(=O)N[C@H]3C(=O)N[C@@H](Cc4ccc(c(Cl)c4)Oc4cc2cc(c4O[C@@H]2O[C@H](CO)[C@@H](O)[C@H](O)[C@H]2O[C@H]2C[C@](C)(N)[C@H](O)[C@H](C)O2)Oc2ccc(cc2Cl)[C@H]1O)C(=O)C[C@H](C(=O)O)c1cc(O)cc(O)c1-c1cc3ccc1O. The molecule has 5 aromatic carbocycles. The number of aliphatic hydroxyl groups excluding tert-OH is 5. The lowest BCUT2D eigenvalue weighted by Crippen LogP contribution is -2.64. The van der Waals surface area contributed by atoms with Gasteiger partial charge in [-0.25, -0.2) is 0 Å². The van der Waals surface area contributed by atoms with Crippen LogP contribution in [-0.2, 0) is 59.0 Å². The first-order chi connectivity index (χ1) is 47.2. The van der Waals surface area contributed by atoms with Gasteiger partial charge >= 0.3 is 5.97 Å². The van der Waals surface area contributed by atoms with Crippen LogP contribution in [-0.4, -0.2) is 186 Å². The number of carbonyl (C=O) groups is 8. The highest BCUT2D eigenvalue weighted by molar-refractivity contribution is 6.32. The van der Waals surface area contributed by atoms with E-state index in [1.54, 1.807) is 0 Å². The van der Waals surface area contributed by atoms with Crippen molar-refractivity contribution in [1.29, 1.82) is 0 Å². The Morgan fingerprint density at radius 3 is 2.01 bits per heavy atom. The zero-order valence-corrected chi connectivity index (χ0v) is 55.7. The third-order valence-corrected chi connectivity index (χ3v) is 18.5. The summed E-state index contributed by atoms with van der Waals surface area (Å²) in [5.74, 6) is -16.2. The number of halogens is 2. The summed E-state index contributed by atoms with van der Waals surface area (Å²) in [6, 6.07) is 3.73. The molecule has 11 bridgehead atoms. The number of carboxylic acid groups (broad SMARTS) is 1. The highest BCUT2D eigenvalue weighted by Crippen LogP contribution is 2.50. The number of aliphatic carboxylic acids is 1. The van der Waals surface area contributed by atoms with E-state index in [1.165, 1.54) is 51.2 Å². The van der Waals surface area contributed by atoms with Crippen LogP contribution < -0.4 is 57.6 Å². The highest BCUT2D eigenvalue weighted by Gasteiger charge is 2.51. The van der Waals surface area contributed by atoms with Crippen molar-refractivity contribution in [2.24, 2.45) is 17.4 Å². The predicted octanol–water partition coefficient (Wildman–Crippen LogP) is 1.50. The average Bonchev–Trinajstić information content (AvgIpc) is 0.774. The number of fused-ring (bicyclic) bond motifs is 15. The number of hydrogen-bond acceptors (Lipinski definition) is 24. The maximum atomic E-state index is 16.0. The van der Waals surface area contributed by atoms with Crippen molar-refractivity contribution >= 4 is 70.4 Å². The lowest BCUT2D eigenvalue weighted by Gasteiger charge is -2.47. The van der Waals surface area contributed by atoms with Crippen LogP contribution in [0.4, 0.5) is 0 Å². The van der Waals surface area contributed by atoms with E-state index < -0.39 is 222 Å². The predicted molar refractivity (Wildman–Crippen MR) is 350 cm³/mol. The monoisotopic (exact) mass is 1430 g/mol. The number of phenolic OH excluding ortho intramolecular Hbond substituents is 3. The molecule has 31 nitrogen and oxygen atoms in total. The quantitative estimate of drug-likeness (QED) is 0.0794. The number of Topliss-reactive ketones (excluding diaryl/α,β-unsaturated/α-hetero) is 1. The second-order valence-corrected chi connectivity index (χ2v) is 26.7. The number of primary amides is 1. The molecule has 0 spiro atoms. The van der Waals surface area contributed by atoms with Gasteiger partial charge in [0.1, 0.15) is 77.3 Å². The molecule has 536 valence electrons. The lowest BCUT2D eigenvalue weighted by molar-refractivity contribution is -0.333. The molecule has 19 N–H and O–H groups in total. The van der Waals surface area contributed by atoms with E-state index in [4.69, 9.17) is 63.1 Å². The van der Waals surface area contributed by atoms with Crippen molar-refractivity contribution in [3.63, 3.8) is 0 Å². The molecule has 0 aliphatic carbocycles. The van der Waals surface area contributed by atoms with Gasteiger partial charge in [-0.05, 0) is 122 Å². The Bertz CT molecular complexity index is 4030. The van der Waals surface area contributed by atoms with Gasteiger partial charge in [0.2, 0.25) is 47.5 Å². The second-order valence-electron chi connectivity index (χ2n) is 25.9. The normalized spacial score (nSPS) is 28.9. The number of nitrogens with one attached hydrogen (secondary N) is 6. The molecule has 7 aliphatic heterocycles. The summed E-state index contributed by atoms with van der Waals surface area (Å²) < 4.78 is 38.5. The third-order valence-electron chi connectivity index (χ3n) is 18.0. The zero-order valence-electron chi connectivity index (χ0n) is 54.2. The van der Waals surface area contributed by atoms with Gasteiger partial charge in [-0.15, -0.1) is 0 Å². The van der Waals surface area contributed by atoms with Crippen molar-refractivity contribution in [2.45, 2.75) is 163 Å². The van der Waals surface area contributed by atoms with Crippen LogP contribution in [0.5, 0.6) is 46.0 Å². The lowest BCUT2D eigenvalue weighted by atomic mass is 9.83. The van der Waals surface area contributed by atoms with Gasteiger partial charge in [0, 0.05) is 35.6 Å².